The standard InChI is InChI=1S/C17H24N4O2/c1-12(22)10-18-17-20-14-8-4-5-9-15(14)21(17)11-16(23)19-13-6-2-3-7-13/h4-5,8-9,12-13,22H,2-3,6-7,10-11H2,1H3,(H,18,20)(H,19,23)/t12-/m0/s1. The van der Waals surface area contributed by atoms with Crippen molar-refractivity contribution in [2.24, 2.45) is 0 Å². The van der Waals surface area contributed by atoms with Crippen molar-refractivity contribution >= 4 is 22.9 Å². The van der Waals surface area contributed by atoms with Gasteiger partial charge in [0.2, 0.25) is 11.9 Å². The normalized spacial score (nSPS) is 16.6. The molecule has 124 valence electrons. The van der Waals surface area contributed by atoms with Crippen LogP contribution in [-0.2, 0) is 11.3 Å². The summed E-state index contributed by atoms with van der Waals surface area (Å²) < 4.78 is 1.88. The van der Waals surface area contributed by atoms with E-state index >= 15 is 0 Å². The highest BCUT2D eigenvalue weighted by molar-refractivity contribution is 5.83. The van der Waals surface area contributed by atoms with Crippen molar-refractivity contribution in [2.45, 2.75) is 51.3 Å². The number of fused-ring (bicyclic) bond motifs is 1. The zero-order valence-electron chi connectivity index (χ0n) is 13.5. The van der Waals surface area contributed by atoms with E-state index in [1.54, 1.807) is 6.92 Å². The fraction of sp³-hybridized carbons (Fsp3) is 0.529. The van der Waals surface area contributed by atoms with Crippen molar-refractivity contribution in [3.05, 3.63) is 24.3 Å². The molecule has 1 fully saturated rings. The van der Waals surface area contributed by atoms with Gasteiger partial charge >= 0.3 is 0 Å². The van der Waals surface area contributed by atoms with E-state index in [1.807, 2.05) is 28.8 Å². The first kappa shape index (κ1) is 15.8. The van der Waals surface area contributed by atoms with E-state index in [0.29, 0.717) is 18.5 Å². The van der Waals surface area contributed by atoms with Gasteiger partial charge in [0.1, 0.15) is 6.54 Å². The van der Waals surface area contributed by atoms with Crippen molar-refractivity contribution in [1.82, 2.24) is 14.9 Å². The van der Waals surface area contributed by atoms with E-state index in [9.17, 15) is 9.90 Å². The first-order chi connectivity index (χ1) is 11.1. The summed E-state index contributed by atoms with van der Waals surface area (Å²) in [5.41, 5.74) is 1.76. The molecule has 0 radical (unpaired) electrons. The monoisotopic (exact) mass is 316 g/mol. The number of nitrogens with zero attached hydrogens (tertiary/aromatic N) is 2. The second kappa shape index (κ2) is 7.00. The Morgan fingerprint density at radius 3 is 2.87 bits per heavy atom. The number of anilines is 1. The maximum Gasteiger partial charge on any atom is 0.240 e. The summed E-state index contributed by atoms with van der Waals surface area (Å²) in [5.74, 6) is 0.633. The lowest BCUT2D eigenvalue weighted by atomic mass is 10.2. The number of aromatic nitrogens is 2. The molecule has 1 heterocycles. The molecule has 2 aromatic rings. The number of rotatable bonds is 6. The summed E-state index contributed by atoms with van der Waals surface area (Å²) in [6, 6.07) is 8.06. The van der Waals surface area contributed by atoms with E-state index in [4.69, 9.17) is 0 Å². The lowest BCUT2D eigenvalue weighted by molar-refractivity contribution is -0.122. The van der Waals surface area contributed by atoms with Crippen LogP contribution in [0, 0.1) is 0 Å². The third-order valence-corrected chi connectivity index (χ3v) is 4.23. The van der Waals surface area contributed by atoms with E-state index in [0.717, 1.165) is 23.9 Å². The van der Waals surface area contributed by atoms with Gasteiger partial charge < -0.3 is 20.3 Å². The van der Waals surface area contributed by atoms with Crippen molar-refractivity contribution in [3.63, 3.8) is 0 Å². The number of aliphatic hydroxyl groups is 1. The molecule has 0 bridgehead atoms. The third kappa shape index (κ3) is 3.82. The molecule has 1 amide bonds. The first-order valence-electron chi connectivity index (χ1n) is 8.30. The van der Waals surface area contributed by atoms with Crippen LogP contribution >= 0.6 is 0 Å². The van der Waals surface area contributed by atoms with E-state index < -0.39 is 6.10 Å². The molecule has 0 unspecified atom stereocenters. The minimum atomic E-state index is -0.476. The molecular formula is C17H24N4O2. The number of aliphatic hydroxyl groups excluding tert-OH is 1. The number of carbonyl (C=O) groups excluding carboxylic acids is 1. The molecule has 6 nitrogen and oxygen atoms in total. The van der Waals surface area contributed by atoms with Crippen LogP contribution in [0.25, 0.3) is 11.0 Å². The molecule has 1 aromatic heterocycles. The van der Waals surface area contributed by atoms with Crippen molar-refractivity contribution < 1.29 is 9.90 Å². The van der Waals surface area contributed by atoms with Gasteiger partial charge in [0.25, 0.3) is 0 Å². The smallest absolute Gasteiger partial charge is 0.240 e. The predicted molar refractivity (Wildman–Crippen MR) is 90.3 cm³/mol. The fourth-order valence-corrected chi connectivity index (χ4v) is 3.10. The van der Waals surface area contributed by atoms with Crippen LogP contribution in [0.15, 0.2) is 24.3 Å². The number of hydrogen-bond donors (Lipinski definition) is 3. The zero-order chi connectivity index (χ0) is 16.2. The highest BCUT2D eigenvalue weighted by Gasteiger charge is 2.19. The minimum Gasteiger partial charge on any atom is -0.392 e. The molecule has 0 aliphatic heterocycles. The molecule has 3 rings (SSSR count). The van der Waals surface area contributed by atoms with Crippen LogP contribution in [0.2, 0.25) is 0 Å². The Morgan fingerprint density at radius 2 is 2.13 bits per heavy atom. The van der Waals surface area contributed by atoms with Gasteiger partial charge in [-0.3, -0.25) is 4.79 Å². The van der Waals surface area contributed by atoms with Gasteiger partial charge in [-0.1, -0.05) is 25.0 Å². The zero-order valence-corrected chi connectivity index (χ0v) is 13.5. The van der Waals surface area contributed by atoms with Crippen molar-refractivity contribution in [3.8, 4) is 0 Å². The fourth-order valence-electron chi connectivity index (χ4n) is 3.10. The van der Waals surface area contributed by atoms with Gasteiger partial charge in [0, 0.05) is 12.6 Å². The van der Waals surface area contributed by atoms with Crippen LogP contribution in [0.3, 0.4) is 0 Å². The van der Waals surface area contributed by atoms with Crippen LogP contribution in [0.1, 0.15) is 32.6 Å². The lowest BCUT2D eigenvalue weighted by Gasteiger charge is -2.15. The van der Waals surface area contributed by atoms with Crippen molar-refractivity contribution in [2.75, 3.05) is 11.9 Å². The van der Waals surface area contributed by atoms with Gasteiger partial charge in [-0.2, -0.15) is 0 Å². The largest absolute Gasteiger partial charge is 0.392 e. The van der Waals surface area contributed by atoms with Crippen LogP contribution in [-0.4, -0.2) is 39.3 Å². The SMILES string of the molecule is C[C@H](O)CNc1nc2ccccc2n1CC(=O)NC1CCCC1. The highest BCUT2D eigenvalue weighted by atomic mass is 16.3. The predicted octanol–water partition coefficient (Wildman–Crippen LogP) is 1.89. The van der Waals surface area contributed by atoms with Gasteiger partial charge in [0.15, 0.2) is 0 Å². The minimum absolute atomic E-state index is 0.0140. The maximum absolute atomic E-state index is 12.4. The van der Waals surface area contributed by atoms with E-state index in [2.05, 4.69) is 15.6 Å². The average Bonchev–Trinajstić information content (AvgIpc) is 3.13. The number of para-hydroxylation sites is 2. The summed E-state index contributed by atoms with van der Waals surface area (Å²) in [5, 5.41) is 15.7. The lowest BCUT2D eigenvalue weighted by Crippen LogP contribution is -2.35. The Hall–Kier alpha value is -2.08. The Bertz CT molecular complexity index is 674. The van der Waals surface area contributed by atoms with E-state index in [-0.39, 0.29) is 12.5 Å². The Labute approximate surface area is 135 Å². The first-order valence-corrected chi connectivity index (χ1v) is 8.30. The van der Waals surface area contributed by atoms with Gasteiger partial charge in [-0.15, -0.1) is 0 Å². The highest BCUT2D eigenvalue weighted by Crippen LogP contribution is 2.20. The third-order valence-electron chi connectivity index (χ3n) is 4.23. The van der Waals surface area contributed by atoms with Crippen LogP contribution in [0.4, 0.5) is 5.95 Å². The summed E-state index contributed by atoms with van der Waals surface area (Å²) >= 11 is 0. The number of imidazole rings is 1. The molecule has 3 N–H and O–H groups in total. The Balaban J connectivity index is 1.78. The molecule has 1 atom stereocenters. The number of hydrogen-bond acceptors (Lipinski definition) is 4. The molecule has 1 aromatic carbocycles. The van der Waals surface area contributed by atoms with Crippen molar-refractivity contribution in [1.29, 1.82) is 0 Å². The second-order valence-corrected chi connectivity index (χ2v) is 6.29. The number of carbonyl (C=O) groups is 1. The summed E-state index contributed by atoms with van der Waals surface area (Å²) in [6.45, 7) is 2.35. The van der Waals surface area contributed by atoms with Crippen LogP contribution < -0.4 is 10.6 Å². The second-order valence-electron chi connectivity index (χ2n) is 6.29. The van der Waals surface area contributed by atoms with Gasteiger partial charge in [0.05, 0.1) is 17.1 Å². The summed E-state index contributed by atoms with van der Waals surface area (Å²) in [6.07, 6.45) is 4.06. The maximum atomic E-state index is 12.4. The molecular weight excluding hydrogens is 292 g/mol. The average molecular weight is 316 g/mol. The molecule has 6 heteroatoms. The topological polar surface area (TPSA) is 79.2 Å². The Morgan fingerprint density at radius 1 is 1.39 bits per heavy atom. The Kier molecular flexibility index (Phi) is 4.81. The number of amides is 1. The van der Waals surface area contributed by atoms with Crippen LogP contribution in [0.5, 0.6) is 0 Å². The quantitative estimate of drug-likeness (QED) is 0.760. The summed E-state index contributed by atoms with van der Waals surface area (Å²) in [7, 11) is 0. The molecule has 0 spiro atoms. The molecule has 23 heavy (non-hydrogen) atoms. The molecule has 0 saturated heterocycles. The van der Waals surface area contributed by atoms with E-state index in [1.165, 1.54) is 12.8 Å². The molecule has 1 aliphatic carbocycles. The van der Waals surface area contributed by atoms with Gasteiger partial charge in [-0.05, 0) is 31.9 Å². The number of benzene rings is 1. The summed E-state index contributed by atoms with van der Waals surface area (Å²) in [4.78, 5) is 16.9. The molecule has 1 aliphatic rings. The number of nitrogens with one attached hydrogen (secondary N) is 2. The molecule has 1 saturated carbocycles. The van der Waals surface area contributed by atoms with Gasteiger partial charge in [-0.25, -0.2) is 4.98 Å².